The maximum atomic E-state index is 6.44. The van der Waals surface area contributed by atoms with Crippen LogP contribution in [0.5, 0.6) is 0 Å². The van der Waals surface area contributed by atoms with Crippen LogP contribution in [0.2, 0.25) is 5.02 Å². The summed E-state index contributed by atoms with van der Waals surface area (Å²) < 4.78 is 0. The minimum atomic E-state index is 0.444. The molecule has 0 unspecified atom stereocenters. The van der Waals surface area contributed by atoms with Gasteiger partial charge < -0.3 is 10.2 Å². The molecule has 0 aliphatic heterocycles. The van der Waals surface area contributed by atoms with Crippen molar-refractivity contribution in [3.63, 3.8) is 0 Å². The van der Waals surface area contributed by atoms with Crippen molar-refractivity contribution in [2.75, 3.05) is 11.4 Å². The maximum Gasteiger partial charge on any atom is 0.151 e. The number of hydrogen-bond acceptors (Lipinski definition) is 3. The Kier molecular flexibility index (Phi) is 5.59. The largest absolute Gasteiger partial charge is 0.325 e. The number of nitrogens with zero attached hydrogens (tertiary/aromatic N) is 2. The predicted molar refractivity (Wildman–Crippen MR) is 90.3 cm³/mol. The second-order valence-corrected chi connectivity index (χ2v) is 5.67. The summed E-state index contributed by atoms with van der Waals surface area (Å²) in [4.78, 5) is 6.67. The van der Waals surface area contributed by atoms with Crippen LogP contribution in [-0.4, -0.2) is 17.6 Å². The zero-order valence-corrected chi connectivity index (χ0v) is 13.6. The maximum absolute atomic E-state index is 6.44. The van der Waals surface area contributed by atoms with Crippen molar-refractivity contribution < 1.29 is 0 Å². The highest BCUT2D eigenvalue weighted by Gasteiger charge is 2.13. The molecule has 0 saturated carbocycles. The molecular formula is C17H22ClN3. The summed E-state index contributed by atoms with van der Waals surface area (Å²) in [7, 11) is 0. The minimum Gasteiger partial charge on any atom is -0.325 e. The quantitative estimate of drug-likeness (QED) is 0.858. The number of para-hydroxylation sites is 1. The number of rotatable bonds is 6. The number of benzene rings is 1. The summed E-state index contributed by atoms with van der Waals surface area (Å²) in [6.45, 7) is 7.94. The molecule has 0 bridgehead atoms. The van der Waals surface area contributed by atoms with Gasteiger partial charge in [0.05, 0.1) is 5.02 Å². The lowest BCUT2D eigenvalue weighted by Gasteiger charge is -2.23. The van der Waals surface area contributed by atoms with E-state index in [0.717, 1.165) is 30.2 Å². The lowest BCUT2D eigenvalue weighted by Crippen LogP contribution is -2.22. The van der Waals surface area contributed by atoms with Gasteiger partial charge in [0.1, 0.15) is 0 Å². The van der Waals surface area contributed by atoms with Gasteiger partial charge in [0.25, 0.3) is 0 Å². The van der Waals surface area contributed by atoms with Crippen LogP contribution >= 0.6 is 11.6 Å². The van der Waals surface area contributed by atoms with Gasteiger partial charge in [0, 0.05) is 31.0 Å². The second kappa shape index (κ2) is 7.43. The van der Waals surface area contributed by atoms with E-state index in [0.29, 0.717) is 11.1 Å². The van der Waals surface area contributed by atoms with E-state index in [2.05, 4.69) is 48.1 Å². The zero-order valence-electron chi connectivity index (χ0n) is 12.8. The van der Waals surface area contributed by atoms with E-state index in [1.165, 1.54) is 0 Å². The molecule has 0 atom stereocenters. The average Bonchev–Trinajstić information content (AvgIpc) is 2.49. The molecule has 0 aliphatic carbocycles. The first-order valence-electron chi connectivity index (χ1n) is 7.32. The Morgan fingerprint density at radius 2 is 1.95 bits per heavy atom. The van der Waals surface area contributed by atoms with Crippen LogP contribution in [0.3, 0.4) is 0 Å². The molecule has 0 fully saturated rings. The normalized spacial score (nSPS) is 10.9. The van der Waals surface area contributed by atoms with E-state index in [9.17, 15) is 0 Å². The molecule has 0 saturated heterocycles. The Labute approximate surface area is 132 Å². The smallest absolute Gasteiger partial charge is 0.151 e. The summed E-state index contributed by atoms with van der Waals surface area (Å²) in [5.41, 5.74) is 2.20. The van der Waals surface area contributed by atoms with E-state index in [-0.39, 0.29) is 0 Å². The first kappa shape index (κ1) is 15.8. The third-order valence-electron chi connectivity index (χ3n) is 3.23. The molecular weight excluding hydrogens is 282 g/mol. The molecule has 0 amide bonds. The van der Waals surface area contributed by atoms with Crippen LogP contribution in [-0.2, 0) is 6.54 Å². The van der Waals surface area contributed by atoms with Gasteiger partial charge in [-0.3, -0.25) is 0 Å². The summed E-state index contributed by atoms with van der Waals surface area (Å²) >= 11 is 6.44. The Hall–Kier alpha value is -1.58. The van der Waals surface area contributed by atoms with Gasteiger partial charge in [0.2, 0.25) is 0 Å². The van der Waals surface area contributed by atoms with E-state index < -0.39 is 0 Å². The third-order valence-corrected chi connectivity index (χ3v) is 3.51. The molecule has 3 nitrogen and oxygen atoms in total. The zero-order chi connectivity index (χ0) is 15.2. The van der Waals surface area contributed by atoms with Crippen LogP contribution in [0.4, 0.5) is 11.5 Å². The molecule has 2 rings (SSSR count). The fourth-order valence-corrected chi connectivity index (χ4v) is 2.44. The standard InChI is InChI=1S/C17H22ClN3/c1-4-21(15-8-6-5-7-9-15)17-16(18)10-14(12-20-17)11-19-13(2)3/h5-10,12-13,19H,4,11H2,1-3H3. The van der Waals surface area contributed by atoms with Crippen molar-refractivity contribution in [3.05, 3.63) is 53.2 Å². The predicted octanol–water partition coefficient (Wildman–Crippen LogP) is 4.39. The number of anilines is 2. The van der Waals surface area contributed by atoms with E-state index >= 15 is 0 Å². The number of nitrogens with one attached hydrogen (secondary N) is 1. The molecule has 112 valence electrons. The van der Waals surface area contributed by atoms with Crippen molar-refractivity contribution in [2.45, 2.75) is 33.4 Å². The molecule has 1 N–H and O–H groups in total. The van der Waals surface area contributed by atoms with E-state index in [1.807, 2.05) is 30.5 Å². The Balaban J connectivity index is 2.23. The van der Waals surface area contributed by atoms with Crippen LogP contribution in [0.1, 0.15) is 26.3 Å². The number of halogens is 1. The van der Waals surface area contributed by atoms with Crippen molar-refractivity contribution in [3.8, 4) is 0 Å². The summed E-state index contributed by atoms with van der Waals surface area (Å²) in [5, 5.41) is 4.06. The van der Waals surface area contributed by atoms with Gasteiger partial charge in [-0.25, -0.2) is 4.98 Å². The van der Waals surface area contributed by atoms with Gasteiger partial charge in [-0.1, -0.05) is 43.6 Å². The van der Waals surface area contributed by atoms with E-state index in [4.69, 9.17) is 11.6 Å². The molecule has 2 aromatic rings. The lowest BCUT2D eigenvalue weighted by molar-refractivity contribution is 0.588. The van der Waals surface area contributed by atoms with Gasteiger partial charge in [-0.2, -0.15) is 0 Å². The summed E-state index contributed by atoms with van der Waals surface area (Å²) in [6.07, 6.45) is 1.89. The van der Waals surface area contributed by atoms with Crippen molar-refractivity contribution in [1.29, 1.82) is 0 Å². The lowest BCUT2D eigenvalue weighted by atomic mass is 10.2. The van der Waals surface area contributed by atoms with E-state index in [1.54, 1.807) is 0 Å². The van der Waals surface area contributed by atoms with Crippen molar-refractivity contribution in [2.24, 2.45) is 0 Å². The van der Waals surface area contributed by atoms with Gasteiger partial charge in [-0.05, 0) is 30.7 Å². The van der Waals surface area contributed by atoms with Crippen LogP contribution in [0.25, 0.3) is 0 Å². The van der Waals surface area contributed by atoms with Gasteiger partial charge in [0.15, 0.2) is 5.82 Å². The molecule has 21 heavy (non-hydrogen) atoms. The second-order valence-electron chi connectivity index (χ2n) is 5.26. The topological polar surface area (TPSA) is 28.2 Å². The Morgan fingerprint density at radius 3 is 2.52 bits per heavy atom. The number of pyridine rings is 1. The van der Waals surface area contributed by atoms with Crippen LogP contribution in [0.15, 0.2) is 42.6 Å². The SMILES string of the molecule is CCN(c1ccccc1)c1ncc(CNC(C)C)cc1Cl. The highest BCUT2D eigenvalue weighted by atomic mass is 35.5. The van der Waals surface area contributed by atoms with Gasteiger partial charge in [-0.15, -0.1) is 0 Å². The van der Waals surface area contributed by atoms with Crippen molar-refractivity contribution in [1.82, 2.24) is 10.3 Å². The molecule has 1 heterocycles. The molecule has 0 spiro atoms. The molecule has 1 aromatic carbocycles. The van der Waals surface area contributed by atoms with Gasteiger partial charge >= 0.3 is 0 Å². The highest BCUT2D eigenvalue weighted by molar-refractivity contribution is 6.33. The summed E-state index contributed by atoms with van der Waals surface area (Å²) in [5.74, 6) is 0.804. The number of hydrogen-bond donors (Lipinski definition) is 1. The van der Waals surface area contributed by atoms with Crippen molar-refractivity contribution >= 4 is 23.1 Å². The molecule has 0 aliphatic rings. The highest BCUT2D eigenvalue weighted by Crippen LogP contribution is 2.30. The monoisotopic (exact) mass is 303 g/mol. The molecule has 1 aromatic heterocycles. The third kappa shape index (κ3) is 4.19. The first-order valence-corrected chi connectivity index (χ1v) is 7.70. The molecule has 4 heteroatoms. The minimum absolute atomic E-state index is 0.444. The average molecular weight is 304 g/mol. The van der Waals surface area contributed by atoms with Crippen LogP contribution < -0.4 is 10.2 Å². The Morgan fingerprint density at radius 1 is 1.24 bits per heavy atom. The summed E-state index contributed by atoms with van der Waals surface area (Å²) in [6, 6.07) is 12.6. The number of aromatic nitrogens is 1. The van der Waals surface area contributed by atoms with Crippen LogP contribution in [0, 0.1) is 0 Å². The Bertz CT molecular complexity index is 570. The molecule has 0 radical (unpaired) electrons. The fraction of sp³-hybridized carbons (Fsp3) is 0.353. The first-order chi connectivity index (χ1) is 10.1. The fourth-order valence-electron chi connectivity index (χ4n) is 2.15.